The number of rotatable bonds is 5. The van der Waals surface area contributed by atoms with Gasteiger partial charge in [-0.15, -0.1) is 0 Å². The highest BCUT2D eigenvalue weighted by Crippen LogP contribution is 2.41. The van der Waals surface area contributed by atoms with Gasteiger partial charge >= 0.3 is 12.1 Å². The van der Waals surface area contributed by atoms with E-state index in [1.54, 1.807) is 32.9 Å². The third-order valence-corrected chi connectivity index (χ3v) is 4.16. The number of hydrogen-bond donors (Lipinski definition) is 1. The van der Waals surface area contributed by atoms with Crippen LogP contribution >= 0.6 is 0 Å². The molecule has 2 atom stereocenters. The minimum absolute atomic E-state index is 0.00449. The highest BCUT2D eigenvalue weighted by Gasteiger charge is 2.47. The Morgan fingerprint density at radius 3 is 2.73 bits per heavy atom. The Hall–Kier alpha value is -2.45. The molecular formula is C17H22F3N3O3. The second-order valence-electron chi connectivity index (χ2n) is 5.81. The van der Waals surface area contributed by atoms with Crippen LogP contribution in [-0.4, -0.2) is 41.7 Å². The Bertz CT molecular complexity index is 723. The molecule has 144 valence electrons. The third-order valence-electron chi connectivity index (χ3n) is 4.16. The van der Waals surface area contributed by atoms with Crippen LogP contribution in [0.15, 0.2) is 29.7 Å². The van der Waals surface area contributed by atoms with Crippen LogP contribution in [0.5, 0.6) is 0 Å². The number of esters is 1. The largest absolute Gasteiger partial charge is 0.501 e. The Morgan fingerprint density at radius 2 is 2.19 bits per heavy atom. The van der Waals surface area contributed by atoms with E-state index < -0.39 is 24.2 Å². The van der Waals surface area contributed by atoms with Gasteiger partial charge in [0.05, 0.1) is 31.7 Å². The molecule has 1 aliphatic heterocycles. The van der Waals surface area contributed by atoms with E-state index in [1.807, 2.05) is 0 Å². The normalized spacial score (nSPS) is 21.0. The third kappa shape index (κ3) is 4.03. The van der Waals surface area contributed by atoms with Crippen molar-refractivity contribution >= 4 is 11.8 Å². The monoisotopic (exact) mass is 373 g/mol. The van der Waals surface area contributed by atoms with Gasteiger partial charge in [-0.3, -0.25) is 0 Å². The lowest BCUT2D eigenvalue weighted by molar-refractivity contribution is -0.173. The number of hydrogen-bond acceptors (Lipinski definition) is 5. The number of halogens is 3. The van der Waals surface area contributed by atoms with Gasteiger partial charge in [-0.25, -0.2) is 9.48 Å². The fourth-order valence-corrected chi connectivity index (χ4v) is 2.82. The summed E-state index contributed by atoms with van der Waals surface area (Å²) in [5.41, 5.74) is 0.606. The van der Waals surface area contributed by atoms with Crippen molar-refractivity contribution in [2.45, 2.75) is 45.5 Å². The van der Waals surface area contributed by atoms with Crippen molar-refractivity contribution in [2.75, 3.05) is 19.0 Å². The fraction of sp³-hybridized carbons (Fsp3) is 0.529. The number of anilines is 1. The van der Waals surface area contributed by atoms with Crippen molar-refractivity contribution in [2.24, 2.45) is 0 Å². The van der Waals surface area contributed by atoms with E-state index >= 15 is 0 Å². The zero-order valence-electron chi connectivity index (χ0n) is 15.1. The molecule has 0 amide bonds. The molecule has 1 aromatic rings. The summed E-state index contributed by atoms with van der Waals surface area (Å²) in [5.74, 6) is -0.147. The van der Waals surface area contributed by atoms with E-state index in [0.29, 0.717) is 11.3 Å². The molecule has 0 spiro atoms. The summed E-state index contributed by atoms with van der Waals surface area (Å²) in [6.45, 7) is 5.18. The SMILES string of the molecule is C/C=C(\C=C(/C)OC)C1CC(C(F)(F)F)n2ncc(C(=O)OCC)c2N1. The molecule has 6 nitrogen and oxygen atoms in total. The van der Waals surface area contributed by atoms with E-state index in [-0.39, 0.29) is 24.4 Å². The lowest BCUT2D eigenvalue weighted by Gasteiger charge is -2.34. The molecule has 2 heterocycles. The Morgan fingerprint density at radius 1 is 1.50 bits per heavy atom. The molecule has 1 aliphatic rings. The first-order chi connectivity index (χ1) is 12.2. The number of methoxy groups -OCH3 is 1. The van der Waals surface area contributed by atoms with Gasteiger partial charge in [-0.05, 0) is 32.4 Å². The maximum Gasteiger partial charge on any atom is 0.410 e. The Balaban J connectivity index is 2.48. The van der Waals surface area contributed by atoms with Gasteiger partial charge in [0.1, 0.15) is 11.4 Å². The molecular weight excluding hydrogens is 351 g/mol. The highest BCUT2D eigenvalue weighted by molar-refractivity contribution is 5.94. The number of allylic oxidation sites excluding steroid dienone is 2. The number of ether oxygens (including phenoxy) is 2. The number of aromatic nitrogens is 2. The molecule has 1 N–H and O–H groups in total. The van der Waals surface area contributed by atoms with Crippen molar-refractivity contribution in [3.05, 3.63) is 35.2 Å². The molecule has 2 rings (SSSR count). The Labute approximate surface area is 149 Å². The first-order valence-corrected chi connectivity index (χ1v) is 8.19. The fourth-order valence-electron chi connectivity index (χ4n) is 2.82. The van der Waals surface area contributed by atoms with Crippen molar-refractivity contribution in [1.29, 1.82) is 0 Å². The number of alkyl halides is 3. The standard InChI is InChI=1S/C17H22F3N3O3/c1-5-11(7-10(3)25-4)13-8-14(17(18,19)20)23-15(22-13)12(9-21-23)16(24)26-6-2/h5,7,9,13-14,22H,6,8H2,1-4H3/b10-7+,11-5+. The summed E-state index contributed by atoms with van der Waals surface area (Å²) < 4.78 is 51.6. The molecule has 9 heteroatoms. The predicted molar refractivity (Wildman–Crippen MR) is 89.8 cm³/mol. The van der Waals surface area contributed by atoms with Gasteiger partial charge in [0, 0.05) is 6.42 Å². The molecule has 26 heavy (non-hydrogen) atoms. The van der Waals surface area contributed by atoms with Crippen molar-refractivity contribution in [3.63, 3.8) is 0 Å². The van der Waals surface area contributed by atoms with Gasteiger partial charge < -0.3 is 14.8 Å². The number of fused-ring (bicyclic) bond motifs is 1. The molecule has 0 fully saturated rings. The highest BCUT2D eigenvalue weighted by atomic mass is 19.4. The predicted octanol–water partition coefficient (Wildman–Crippen LogP) is 3.84. The lowest BCUT2D eigenvalue weighted by atomic mass is 9.95. The Kier molecular flexibility index (Phi) is 5.99. The van der Waals surface area contributed by atoms with E-state index in [9.17, 15) is 18.0 Å². The van der Waals surface area contributed by atoms with Gasteiger partial charge in [-0.1, -0.05) is 6.08 Å². The van der Waals surface area contributed by atoms with E-state index in [1.165, 1.54) is 7.11 Å². The average Bonchev–Trinajstić information content (AvgIpc) is 3.01. The van der Waals surface area contributed by atoms with Crippen molar-refractivity contribution in [1.82, 2.24) is 9.78 Å². The van der Waals surface area contributed by atoms with Crippen LogP contribution < -0.4 is 5.32 Å². The zero-order chi connectivity index (χ0) is 19.5. The summed E-state index contributed by atoms with van der Waals surface area (Å²) in [6, 6.07) is -2.51. The zero-order valence-corrected chi connectivity index (χ0v) is 15.1. The van der Waals surface area contributed by atoms with Gasteiger partial charge in [-0.2, -0.15) is 18.3 Å². The van der Waals surface area contributed by atoms with Crippen LogP contribution in [0.2, 0.25) is 0 Å². The average molecular weight is 373 g/mol. The molecule has 0 aromatic carbocycles. The number of carbonyl (C=O) groups is 1. The molecule has 0 radical (unpaired) electrons. The van der Waals surface area contributed by atoms with E-state index in [0.717, 1.165) is 10.9 Å². The van der Waals surface area contributed by atoms with Crippen LogP contribution in [0.1, 0.15) is 43.6 Å². The summed E-state index contributed by atoms with van der Waals surface area (Å²) in [4.78, 5) is 12.1. The van der Waals surface area contributed by atoms with Crippen LogP contribution in [0.3, 0.4) is 0 Å². The summed E-state index contributed by atoms with van der Waals surface area (Å²) in [6.07, 6.45) is -0.280. The second-order valence-corrected chi connectivity index (χ2v) is 5.81. The maximum atomic E-state index is 13.6. The van der Waals surface area contributed by atoms with E-state index in [4.69, 9.17) is 9.47 Å². The van der Waals surface area contributed by atoms with Crippen LogP contribution in [0, 0.1) is 0 Å². The van der Waals surface area contributed by atoms with Crippen LogP contribution in [0.25, 0.3) is 0 Å². The number of nitrogens with zero attached hydrogens (tertiary/aromatic N) is 2. The summed E-state index contributed by atoms with van der Waals surface area (Å²) in [5, 5.41) is 6.78. The second kappa shape index (κ2) is 7.84. The van der Waals surface area contributed by atoms with Crippen LogP contribution in [-0.2, 0) is 9.47 Å². The van der Waals surface area contributed by atoms with Gasteiger partial charge in [0.15, 0.2) is 6.04 Å². The molecule has 0 bridgehead atoms. The van der Waals surface area contributed by atoms with Gasteiger partial charge in [0.25, 0.3) is 0 Å². The molecule has 0 saturated carbocycles. The first-order valence-electron chi connectivity index (χ1n) is 8.19. The first kappa shape index (κ1) is 19.9. The van der Waals surface area contributed by atoms with Crippen molar-refractivity contribution < 1.29 is 27.4 Å². The molecule has 0 saturated heterocycles. The number of carbonyl (C=O) groups excluding carboxylic acids is 1. The molecule has 1 aromatic heterocycles. The van der Waals surface area contributed by atoms with Crippen LogP contribution in [0.4, 0.5) is 19.0 Å². The summed E-state index contributed by atoms with van der Waals surface area (Å²) in [7, 11) is 1.49. The topological polar surface area (TPSA) is 65.4 Å². The van der Waals surface area contributed by atoms with Gasteiger partial charge in [0.2, 0.25) is 0 Å². The maximum absolute atomic E-state index is 13.6. The molecule has 2 unspecified atom stereocenters. The van der Waals surface area contributed by atoms with Crippen molar-refractivity contribution in [3.8, 4) is 0 Å². The quantitative estimate of drug-likeness (QED) is 0.483. The minimum atomic E-state index is -4.51. The smallest absolute Gasteiger partial charge is 0.410 e. The van der Waals surface area contributed by atoms with E-state index in [2.05, 4.69) is 10.4 Å². The minimum Gasteiger partial charge on any atom is -0.501 e. The lowest BCUT2D eigenvalue weighted by Crippen LogP contribution is -2.40. The number of nitrogens with one attached hydrogen (secondary N) is 1. The molecule has 0 aliphatic carbocycles. The summed E-state index contributed by atoms with van der Waals surface area (Å²) >= 11 is 0.